The Hall–Kier alpha value is -5.62. The van der Waals surface area contributed by atoms with Crippen LogP contribution in [0, 0.1) is 0 Å². The van der Waals surface area contributed by atoms with Gasteiger partial charge in [-0.3, -0.25) is 23.9 Å². The van der Waals surface area contributed by atoms with Crippen molar-refractivity contribution in [2.75, 3.05) is 32.9 Å². The molecule has 258 valence electrons. The van der Waals surface area contributed by atoms with Crippen LogP contribution in [0.3, 0.4) is 0 Å². The summed E-state index contributed by atoms with van der Waals surface area (Å²) in [4.78, 5) is 88.7. The van der Waals surface area contributed by atoms with E-state index in [1.807, 2.05) is 0 Å². The summed E-state index contributed by atoms with van der Waals surface area (Å²) in [7, 11) is -1.71. The molecule has 1 saturated heterocycles. The number of aromatic nitrogens is 5. The molecule has 3 aromatic rings. The number of anilines is 1. The van der Waals surface area contributed by atoms with Crippen molar-refractivity contribution in [3.63, 3.8) is 0 Å². The SMILES string of the molecule is CN(C)CCn1c(-c2cc(=O)c(O)c[nH]2)nn(S(=O)(=O)NC(=O)N2C[C@H](NC(=O)C(=NOC(C)(C)C(=O)O)c3csc(N)n3)C2=O)c1=O. The first-order valence-corrected chi connectivity index (χ1v) is 15.8. The molecule has 0 spiro atoms. The summed E-state index contributed by atoms with van der Waals surface area (Å²) in [6.45, 7) is 1.94. The van der Waals surface area contributed by atoms with Crippen LogP contribution in [0.2, 0.25) is 0 Å². The number of carboxylic acids is 1. The maximum atomic E-state index is 13.2. The lowest BCUT2D eigenvalue weighted by atomic mass is 10.1. The number of carbonyl (C=O) groups is 4. The number of aromatic amines is 1. The second kappa shape index (κ2) is 13.2. The summed E-state index contributed by atoms with van der Waals surface area (Å²) in [5.74, 6) is -4.45. The Labute approximate surface area is 273 Å². The van der Waals surface area contributed by atoms with Gasteiger partial charge in [-0.05, 0) is 27.9 Å². The first-order valence-electron chi connectivity index (χ1n) is 13.5. The second-order valence-corrected chi connectivity index (χ2v) is 13.2. The van der Waals surface area contributed by atoms with Gasteiger partial charge < -0.3 is 36.0 Å². The molecule has 4 amide bonds. The number of hydrogen-bond acceptors (Lipinski definition) is 16. The molecule has 24 heteroatoms. The Balaban J connectivity index is 1.51. The van der Waals surface area contributed by atoms with Crippen LogP contribution in [0.5, 0.6) is 5.75 Å². The Morgan fingerprint density at radius 2 is 1.96 bits per heavy atom. The fourth-order valence-corrected chi connectivity index (χ4v) is 5.23. The van der Waals surface area contributed by atoms with E-state index in [1.54, 1.807) is 23.7 Å². The van der Waals surface area contributed by atoms with Crippen molar-refractivity contribution in [1.82, 2.24) is 43.6 Å². The van der Waals surface area contributed by atoms with E-state index >= 15 is 0 Å². The fourth-order valence-electron chi connectivity index (χ4n) is 3.78. The standard InChI is InChI=1S/C24H29N11O11S2/c1-24(2,20(40)41)46-30-16(13-10-47-21(25)28-13)18(38)27-12-9-34(19(12)39)22(42)31-48(44,45)35-23(43)33(6-5-32(3)4)17(29-35)11-7-14(36)15(37)8-26-11/h7-8,10,12,37H,5-6,9H2,1-4H3,(H2,25,28)(H,26,36)(H,27,38)(H,31,42)(H,40,41)/t12-/m0/s1. The van der Waals surface area contributed by atoms with Crippen molar-refractivity contribution in [3.8, 4) is 17.3 Å². The first-order chi connectivity index (χ1) is 22.3. The molecular weight excluding hydrogens is 682 g/mol. The Bertz CT molecular complexity index is 2040. The van der Waals surface area contributed by atoms with Gasteiger partial charge in [-0.25, -0.2) is 24.1 Å². The van der Waals surface area contributed by atoms with E-state index in [4.69, 9.17) is 10.6 Å². The van der Waals surface area contributed by atoms with Crippen molar-refractivity contribution in [3.05, 3.63) is 44.0 Å². The lowest BCUT2D eigenvalue weighted by molar-refractivity contribution is -0.161. The number of carboxylic acid groups (broad SMARTS) is 1. The minimum atomic E-state index is -5.08. The molecule has 0 aromatic carbocycles. The number of likely N-dealkylation sites (N-methyl/N-ethyl adjacent to an activating group) is 1. The van der Waals surface area contributed by atoms with Gasteiger partial charge in [0, 0.05) is 30.7 Å². The molecule has 7 N–H and O–H groups in total. The van der Waals surface area contributed by atoms with Gasteiger partial charge >= 0.3 is 27.9 Å². The third-order valence-corrected chi connectivity index (χ3v) is 8.32. The number of nitrogen functional groups attached to an aromatic ring is 1. The summed E-state index contributed by atoms with van der Waals surface area (Å²) < 4.78 is 28.7. The number of thiazole rings is 1. The highest BCUT2D eigenvalue weighted by Crippen LogP contribution is 2.17. The number of amides is 4. The lowest BCUT2D eigenvalue weighted by Crippen LogP contribution is -2.68. The lowest BCUT2D eigenvalue weighted by Gasteiger charge is -2.36. The Morgan fingerprint density at radius 1 is 1.27 bits per heavy atom. The molecule has 22 nitrogen and oxygen atoms in total. The Kier molecular flexibility index (Phi) is 9.72. The highest BCUT2D eigenvalue weighted by Gasteiger charge is 2.44. The zero-order valence-electron chi connectivity index (χ0n) is 25.5. The summed E-state index contributed by atoms with van der Waals surface area (Å²) in [6, 6.07) is -1.94. The minimum Gasteiger partial charge on any atom is -0.503 e. The monoisotopic (exact) mass is 711 g/mol. The van der Waals surface area contributed by atoms with Crippen molar-refractivity contribution < 1.29 is 42.6 Å². The number of oxime groups is 1. The number of urea groups is 1. The normalized spacial score (nSPS) is 15.3. The van der Waals surface area contributed by atoms with E-state index in [0.717, 1.165) is 28.2 Å². The minimum absolute atomic E-state index is 0.0362. The second-order valence-electron chi connectivity index (χ2n) is 10.8. The van der Waals surface area contributed by atoms with Gasteiger partial charge in [0.05, 0.1) is 12.2 Å². The highest BCUT2D eigenvalue weighted by atomic mass is 32.2. The van der Waals surface area contributed by atoms with Crippen LogP contribution in [-0.2, 0) is 36.0 Å². The number of carbonyl (C=O) groups excluding carboxylic acids is 3. The number of aliphatic carboxylic acids is 1. The van der Waals surface area contributed by atoms with Crippen LogP contribution in [0.25, 0.3) is 11.5 Å². The third kappa shape index (κ3) is 7.34. The molecule has 1 atom stereocenters. The van der Waals surface area contributed by atoms with E-state index < -0.39 is 74.8 Å². The average Bonchev–Trinajstić information content (AvgIpc) is 3.57. The van der Waals surface area contributed by atoms with Gasteiger partial charge in [0.2, 0.25) is 11.0 Å². The molecule has 4 heterocycles. The number of likely N-dealkylation sites (tertiary alicyclic amines) is 1. The van der Waals surface area contributed by atoms with Gasteiger partial charge in [0.1, 0.15) is 11.7 Å². The van der Waals surface area contributed by atoms with Gasteiger partial charge in [-0.15, -0.1) is 16.4 Å². The molecule has 4 rings (SSSR count). The quantitative estimate of drug-likeness (QED) is 0.0624. The zero-order valence-corrected chi connectivity index (χ0v) is 27.2. The van der Waals surface area contributed by atoms with Crippen molar-refractivity contribution in [2.45, 2.75) is 32.0 Å². The number of pyridine rings is 1. The molecule has 48 heavy (non-hydrogen) atoms. The predicted molar refractivity (Wildman–Crippen MR) is 165 cm³/mol. The summed E-state index contributed by atoms with van der Waals surface area (Å²) in [5, 5.41) is 29.8. The molecule has 0 saturated carbocycles. The number of imide groups is 1. The van der Waals surface area contributed by atoms with E-state index in [1.165, 1.54) is 19.2 Å². The molecule has 0 bridgehead atoms. The van der Waals surface area contributed by atoms with Gasteiger partial charge in [0.15, 0.2) is 22.4 Å². The third-order valence-electron chi connectivity index (χ3n) is 6.52. The molecule has 3 aromatic heterocycles. The number of rotatable bonds is 12. The maximum Gasteiger partial charge on any atom is 0.362 e. The average molecular weight is 712 g/mol. The van der Waals surface area contributed by atoms with Gasteiger partial charge in [-0.1, -0.05) is 9.24 Å². The van der Waals surface area contributed by atoms with Gasteiger partial charge in [0.25, 0.3) is 11.8 Å². The molecule has 0 radical (unpaired) electrons. The molecule has 1 aliphatic heterocycles. The number of nitrogens with two attached hydrogens (primary N) is 1. The predicted octanol–water partition coefficient (Wildman–Crippen LogP) is -2.88. The number of β-lactam (4-membered cyclic amide) rings is 1. The van der Waals surface area contributed by atoms with E-state index in [-0.39, 0.29) is 39.5 Å². The maximum absolute atomic E-state index is 13.2. The zero-order chi connectivity index (χ0) is 35.7. The van der Waals surface area contributed by atoms with Crippen LogP contribution in [0.4, 0.5) is 9.93 Å². The Morgan fingerprint density at radius 3 is 2.52 bits per heavy atom. The van der Waals surface area contributed by atoms with Gasteiger partial charge in [-0.2, -0.15) is 8.42 Å². The largest absolute Gasteiger partial charge is 0.503 e. The number of nitrogens with one attached hydrogen (secondary N) is 3. The summed E-state index contributed by atoms with van der Waals surface area (Å²) in [6.07, 6.45) is 0.920. The topological polar surface area (TPSA) is 307 Å². The van der Waals surface area contributed by atoms with Crippen LogP contribution in [0.1, 0.15) is 19.5 Å². The summed E-state index contributed by atoms with van der Waals surface area (Å²) in [5.41, 5.74) is 0.942. The number of aromatic hydroxyl groups is 1. The van der Waals surface area contributed by atoms with E-state index in [0.29, 0.717) is 4.90 Å². The fraction of sp³-hybridized carbons (Fsp3) is 0.375. The van der Waals surface area contributed by atoms with Crippen molar-refractivity contribution in [1.29, 1.82) is 0 Å². The van der Waals surface area contributed by atoms with Crippen LogP contribution >= 0.6 is 11.3 Å². The number of nitrogens with zero attached hydrogens (tertiary/aromatic N) is 7. The molecule has 1 fully saturated rings. The smallest absolute Gasteiger partial charge is 0.362 e. The molecule has 1 aliphatic rings. The van der Waals surface area contributed by atoms with E-state index in [9.17, 15) is 47.4 Å². The first kappa shape index (κ1) is 35.2. The van der Waals surface area contributed by atoms with Crippen molar-refractivity contribution >= 4 is 56.2 Å². The molecule has 0 aliphatic carbocycles. The van der Waals surface area contributed by atoms with E-state index in [2.05, 4.69) is 25.5 Å². The van der Waals surface area contributed by atoms with Crippen LogP contribution in [-0.4, -0.2) is 121 Å². The van der Waals surface area contributed by atoms with Crippen LogP contribution < -0.4 is 26.9 Å². The van der Waals surface area contributed by atoms with Crippen LogP contribution in [0.15, 0.2) is 32.4 Å². The number of H-pyrrole nitrogens is 1. The van der Waals surface area contributed by atoms with Crippen molar-refractivity contribution in [2.24, 2.45) is 5.16 Å². The summed E-state index contributed by atoms with van der Waals surface area (Å²) >= 11 is 0.934. The highest BCUT2D eigenvalue weighted by molar-refractivity contribution is 7.88. The molecule has 0 unspecified atom stereocenters. The molecular formula is C24H29N11O11S2. The number of hydrogen-bond donors (Lipinski definition) is 6.